The summed E-state index contributed by atoms with van der Waals surface area (Å²) in [5.41, 5.74) is 0.420. The molecule has 5 nitrogen and oxygen atoms in total. The molecule has 1 aromatic heterocycles. The molecule has 0 aliphatic carbocycles. The zero-order valence-corrected chi connectivity index (χ0v) is 12.1. The zero-order valence-electron chi connectivity index (χ0n) is 10.5. The van der Waals surface area contributed by atoms with Gasteiger partial charge in [-0.05, 0) is 46.8 Å². The average molecular weight is 327 g/mol. The number of amides is 1. The fourth-order valence-corrected chi connectivity index (χ4v) is 2.52. The molecule has 1 aliphatic heterocycles. The molecule has 1 N–H and O–H groups in total. The highest BCUT2D eigenvalue weighted by Crippen LogP contribution is 2.24. The second kappa shape index (κ2) is 5.69. The first-order chi connectivity index (χ1) is 8.99. The molecule has 0 spiro atoms. The lowest BCUT2D eigenvalue weighted by molar-refractivity contribution is -0.144. The normalized spacial score (nSPS) is 23.2. The smallest absolute Gasteiger partial charge is 0.326 e. The van der Waals surface area contributed by atoms with Crippen LogP contribution in [0.2, 0.25) is 0 Å². The Kier molecular flexibility index (Phi) is 4.19. The summed E-state index contributed by atoms with van der Waals surface area (Å²) < 4.78 is 0.645. The Morgan fingerprint density at radius 3 is 2.79 bits per heavy atom. The summed E-state index contributed by atoms with van der Waals surface area (Å²) in [5.74, 6) is -0.877. The number of rotatable bonds is 2. The van der Waals surface area contributed by atoms with Gasteiger partial charge in [-0.2, -0.15) is 0 Å². The number of nitrogens with zero attached hydrogens (tertiary/aromatic N) is 2. The van der Waals surface area contributed by atoms with E-state index < -0.39 is 12.0 Å². The molecule has 2 unspecified atom stereocenters. The van der Waals surface area contributed by atoms with Crippen molar-refractivity contribution in [1.29, 1.82) is 0 Å². The van der Waals surface area contributed by atoms with Gasteiger partial charge in [0.25, 0.3) is 5.91 Å². The van der Waals surface area contributed by atoms with E-state index in [9.17, 15) is 14.7 Å². The van der Waals surface area contributed by atoms with Gasteiger partial charge in [-0.3, -0.25) is 4.79 Å². The van der Waals surface area contributed by atoms with E-state index >= 15 is 0 Å². The molecule has 2 rings (SSSR count). The van der Waals surface area contributed by atoms with E-state index in [1.807, 2.05) is 6.92 Å². The molecule has 0 radical (unpaired) electrons. The Balaban J connectivity index is 2.21. The van der Waals surface area contributed by atoms with Crippen LogP contribution in [0.15, 0.2) is 22.9 Å². The van der Waals surface area contributed by atoms with Gasteiger partial charge in [-0.15, -0.1) is 0 Å². The van der Waals surface area contributed by atoms with Gasteiger partial charge in [0.1, 0.15) is 10.6 Å². The largest absolute Gasteiger partial charge is 0.480 e. The Labute approximate surface area is 119 Å². The monoisotopic (exact) mass is 326 g/mol. The highest BCUT2D eigenvalue weighted by molar-refractivity contribution is 9.10. The SMILES string of the molecule is CC1CCN(C(=O)c2ccc(Br)nc2)C(C(=O)O)C1. The number of pyridine rings is 1. The highest BCUT2D eigenvalue weighted by atomic mass is 79.9. The van der Waals surface area contributed by atoms with Crippen LogP contribution in [0, 0.1) is 5.92 Å². The van der Waals surface area contributed by atoms with E-state index in [4.69, 9.17) is 0 Å². The van der Waals surface area contributed by atoms with Crippen LogP contribution in [0.25, 0.3) is 0 Å². The van der Waals surface area contributed by atoms with Gasteiger partial charge in [0.2, 0.25) is 0 Å². The van der Waals surface area contributed by atoms with Crippen LogP contribution >= 0.6 is 15.9 Å². The van der Waals surface area contributed by atoms with Gasteiger partial charge in [-0.25, -0.2) is 9.78 Å². The maximum absolute atomic E-state index is 12.3. The lowest BCUT2D eigenvalue weighted by Gasteiger charge is -2.36. The lowest BCUT2D eigenvalue weighted by atomic mass is 9.92. The van der Waals surface area contributed by atoms with E-state index in [0.717, 1.165) is 6.42 Å². The summed E-state index contributed by atoms with van der Waals surface area (Å²) in [4.78, 5) is 29.1. The van der Waals surface area contributed by atoms with Crippen molar-refractivity contribution in [3.63, 3.8) is 0 Å². The van der Waals surface area contributed by atoms with Crippen molar-refractivity contribution < 1.29 is 14.7 Å². The molecule has 1 aromatic rings. The highest BCUT2D eigenvalue weighted by Gasteiger charge is 2.35. The minimum atomic E-state index is -0.940. The number of halogens is 1. The molecule has 2 heterocycles. The third-order valence-electron chi connectivity index (χ3n) is 3.38. The number of aromatic nitrogens is 1. The van der Waals surface area contributed by atoms with Crippen LogP contribution in [0.3, 0.4) is 0 Å². The summed E-state index contributed by atoms with van der Waals surface area (Å²) in [5, 5.41) is 9.25. The second-order valence-corrected chi connectivity index (χ2v) is 5.66. The Bertz CT molecular complexity index is 489. The summed E-state index contributed by atoms with van der Waals surface area (Å²) in [6.07, 6.45) is 2.80. The van der Waals surface area contributed by atoms with Crippen LogP contribution in [-0.4, -0.2) is 39.5 Å². The molecule has 6 heteroatoms. The fourth-order valence-electron chi connectivity index (χ4n) is 2.29. The van der Waals surface area contributed by atoms with Crippen molar-refractivity contribution in [3.05, 3.63) is 28.5 Å². The molecule has 102 valence electrons. The third-order valence-corrected chi connectivity index (χ3v) is 3.85. The van der Waals surface area contributed by atoms with Crippen molar-refractivity contribution in [2.24, 2.45) is 5.92 Å². The van der Waals surface area contributed by atoms with Crippen LogP contribution in [0.1, 0.15) is 30.1 Å². The lowest BCUT2D eigenvalue weighted by Crippen LogP contribution is -2.49. The quantitative estimate of drug-likeness (QED) is 0.845. The molecule has 1 amide bonds. The van der Waals surface area contributed by atoms with Gasteiger partial charge in [-0.1, -0.05) is 6.92 Å². The number of piperidine rings is 1. The van der Waals surface area contributed by atoms with Crippen LogP contribution in [0.4, 0.5) is 0 Å². The van der Waals surface area contributed by atoms with Crippen LogP contribution in [0.5, 0.6) is 0 Å². The van der Waals surface area contributed by atoms with Crippen LogP contribution < -0.4 is 0 Å². The molecule has 0 bridgehead atoms. The number of carbonyl (C=O) groups is 2. The van der Waals surface area contributed by atoms with E-state index in [2.05, 4.69) is 20.9 Å². The molecule has 1 aliphatic rings. The first-order valence-electron chi connectivity index (χ1n) is 6.14. The Morgan fingerprint density at radius 1 is 1.47 bits per heavy atom. The number of aliphatic carboxylic acids is 1. The minimum Gasteiger partial charge on any atom is -0.480 e. The Morgan fingerprint density at radius 2 is 2.21 bits per heavy atom. The number of hydrogen-bond acceptors (Lipinski definition) is 3. The van der Waals surface area contributed by atoms with Gasteiger partial charge in [0.05, 0.1) is 5.56 Å². The van der Waals surface area contributed by atoms with Crippen molar-refractivity contribution in [2.45, 2.75) is 25.8 Å². The third kappa shape index (κ3) is 3.12. The van der Waals surface area contributed by atoms with Crippen molar-refractivity contribution >= 4 is 27.8 Å². The molecular weight excluding hydrogens is 312 g/mol. The van der Waals surface area contributed by atoms with E-state index in [0.29, 0.717) is 29.1 Å². The van der Waals surface area contributed by atoms with Crippen molar-refractivity contribution in [2.75, 3.05) is 6.54 Å². The number of carboxylic acids is 1. The van der Waals surface area contributed by atoms with Gasteiger partial charge in [0.15, 0.2) is 0 Å². The molecule has 0 saturated carbocycles. The summed E-state index contributed by atoms with van der Waals surface area (Å²) in [6.45, 7) is 2.49. The maximum Gasteiger partial charge on any atom is 0.326 e. The van der Waals surface area contributed by atoms with Crippen molar-refractivity contribution in [1.82, 2.24) is 9.88 Å². The fraction of sp³-hybridized carbons (Fsp3) is 0.462. The molecule has 1 fully saturated rings. The predicted molar refractivity (Wildman–Crippen MR) is 72.8 cm³/mol. The summed E-state index contributed by atoms with van der Waals surface area (Å²) >= 11 is 3.20. The Hall–Kier alpha value is -1.43. The number of carbonyl (C=O) groups excluding carboxylic acids is 1. The zero-order chi connectivity index (χ0) is 14.0. The average Bonchev–Trinajstić information content (AvgIpc) is 2.38. The minimum absolute atomic E-state index is 0.265. The number of likely N-dealkylation sites (tertiary alicyclic amines) is 1. The molecule has 0 aromatic carbocycles. The van der Waals surface area contributed by atoms with E-state index in [-0.39, 0.29) is 5.91 Å². The number of hydrogen-bond donors (Lipinski definition) is 1. The van der Waals surface area contributed by atoms with Gasteiger partial charge < -0.3 is 10.0 Å². The van der Waals surface area contributed by atoms with E-state index in [1.165, 1.54) is 11.1 Å². The second-order valence-electron chi connectivity index (χ2n) is 4.85. The molecular formula is C13H15BrN2O3. The first-order valence-corrected chi connectivity index (χ1v) is 6.93. The molecule has 2 atom stereocenters. The first kappa shape index (κ1) is 14.0. The predicted octanol–water partition coefficient (Wildman–Crippen LogP) is 2.17. The topological polar surface area (TPSA) is 70.5 Å². The van der Waals surface area contributed by atoms with Crippen molar-refractivity contribution in [3.8, 4) is 0 Å². The molecule has 1 saturated heterocycles. The van der Waals surface area contributed by atoms with Gasteiger partial charge in [0, 0.05) is 12.7 Å². The number of carboxylic acid groups (broad SMARTS) is 1. The van der Waals surface area contributed by atoms with Gasteiger partial charge >= 0.3 is 5.97 Å². The molecule has 19 heavy (non-hydrogen) atoms. The van der Waals surface area contributed by atoms with Crippen LogP contribution in [-0.2, 0) is 4.79 Å². The summed E-state index contributed by atoms with van der Waals surface area (Å²) in [7, 11) is 0. The van der Waals surface area contributed by atoms with E-state index in [1.54, 1.807) is 12.1 Å². The standard InChI is InChI=1S/C13H15BrN2O3/c1-8-4-5-16(10(6-8)13(18)19)12(17)9-2-3-11(14)15-7-9/h2-3,7-8,10H,4-6H2,1H3,(H,18,19). The maximum atomic E-state index is 12.3. The summed E-state index contributed by atoms with van der Waals surface area (Å²) in [6, 6.07) is 2.59.